The van der Waals surface area contributed by atoms with Gasteiger partial charge in [0.2, 0.25) is 10.0 Å². The number of nitrogens with zero attached hydrogens (tertiary/aromatic N) is 2. The molecule has 3 aromatic rings. The highest BCUT2D eigenvalue weighted by atomic mass is 32.2. The van der Waals surface area contributed by atoms with Crippen LogP contribution in [0.25, 0.3) is 11.1 Å². The van der Waals surface area contributed by atoms with Crippen molar-refractivity contribution in [1.29, 1.82) is 0 Å². The van der Waals surface area contributed by atoms with Gasteiger partial charge in [0.15, 0.2) is 5.16 Å². The van der Waals surface area contributed by atoms with Crippen LogP contribution in [0.1, 0.15) is 23.2 Å². The number of aryl methyl sites for hydroxylation is 1. The molecule has 4 rings (SSSR count). The normalized spacial score (nSPS) is 13.4. The van der Waals surface area contributed by atoms with Crippen molar-refractivity contribution in [3.63, 3.8) is 0 Å². The van der Waals surface area contributed by atoms with Crippen molar-refractivity contribution in [2.75, 3.05) is 27.2 Å². The third-order valence-electron chi connectivity index (χ3n) is 5.60. The molecule has 0 saturated carbocycles. The van der Waals surface area contributed by atoms with Gasteiger partial charge >= 0.3 is 0 Å². The summed E-state index contributed by atoms with van der Waals surface area (Å²) in [6.07, 6.45) is 2.71. The summed E-state index contributed by atoms with van der Waals surface area (Å²) < 4.78 is 27.5. The Balaban J connectivity index is 1.38. The highest BCUT2D eigenvalue weighted by molar-refractivity contribution is 7.98. The SMILES string of the molecule is CN(C)CCNS(=O)(=O)c1ccc(-c2ccc(CSc3nc4c(c(=O)[nH]3)CCC4)cc2)cc1. The van der Waals surface area contributed by atoms with E-state index in [0.29, 0.717) is 24.0 Å². The maximum atomic E-state index is 12.4. The van der Waals surface area contributed by atoms with Gasteiger partial charge in [-0.25, -0.2) is 18.1 Å². The molecule has 0 aliphatic heterocycles. The first-order valence-electron chi connectivity index (χ1n) is 10.9. The molecule has 174 valence electrons. The lowest BCUT2D eigenvalue weighted by Gasteiger charge is -2.11. The van der Waals surface area contributed by atoms with E-state index in [4.69, 9.17) is 0 Å². The highest BCUT2D eigenvalue weighted by Gasteiger charge is 2.17. The van der Waals surface area contributed by atoms with Crippen LogP contribution in [0.15, 0.2) is 63.4 Å². The van der Waals surface area contributed by atoms with Gasteiger partial charge in [-0.15, -0.1) is 0 Å². The summed E-state index contributed by atoms with van der Waals surface area (Å²) in [5.74, 6) is 0.706. The molecule has 1 aliphatic rings. The van der Waals surface area contributed by atoms with Gasteiger partial charge in [-0.3, -0.25) is 4.79 Å². The number of rotatable bonds is 9. The molecule has 2 N–H and O–H groups in total. The van der Waals surface area contributed by atoms with Gasteiger partial charge in [-0.2, -0.15) is 0 Å². The van der Waals surface area contributed by atoms with E-state index in [0.717, 1.165) is 47.2 Å². The molecular weight excluding hydrogens is 456 g/mol. The summed E-state index contributed by atoms with van der Waals surface area (Å²) in [4.78, 5) is 21.8. The fourth-order valence-electron chi connectivity index (χ4n) is 3.75. The zero-order chi connectivity index (χ0) is 23.4. The molecule has 33 heavy (non-hydrogen) atoms. The van der Waals surface area contributed by atoms with Crippen molar-refractivity contribution in [2.45, 2.75) is 35.1 Å². The Labute approximate surface area is 198 Å². The number of likely N-dealkylation sites (N-methyl/N-ethyl adjacent to an activating group) is 1. The standard InChI is InChI=1S/C24H28N4O3S2/c1-28(2)15-14-25-33(30,31)20-12-10-19(11-13-20)18-8-6-17(7-9-18)16-32-24-26-22-5-3-4-21(22)23(29)27-24/h6-13,25H,3-5,14-16H2,1-2H3,(H,26,27,29). The Kier molecular flexibility index (Phi) is 7.33. The van der Waals surface area contributed by atoms with Crippen LogP contribution in [0.4, 0.5) is 0 Å². The van der Waals surface area contributed by atoms with E-state index in [1.165, 1.54) is 11.8 Å². The van der Waals surface area contributed by atoms with Gasteiger partial charge in [0, 0.05) is 24.4 Å². The van der Waals surface area contributed by atoms with E-state index in [9.17, 15) is 13.2 Å². The average molecular weight is 485 g/mol. The molecule has 0 atom stereocenters. The first kappa shape index (κ1) is 23.7. The number of sulfonamides is 1. The van der Waals surface area contributed by atoms with Gasteiger partial charge in [-0.05, 0) is 62.2 Å². The second-order valence-electron chi connectivity index (χ2n) is 8.36. The van der Waals surface area contributed by atoms with Gasteiger partial charge in [-0.1, -0.05) is 48.2 Å². The lowest BCUT2D eigenvalue weighted by Crippen LogP contribution is -2.31. The molecule has 1 heterocycles. The molecule has 0 fully saturated rings. The number of thioether (sulfide) groups is 1. The molecule has 0 unspecified atom stereocenters. The van der Waals surface area contributed by atoms with Gasteiger partial charge in [0.05, 0.1) is 10.6 Å². The molecule has 0 amide bonds. The predicted octanol–water partition coefficient (Wildman–Crippen LogP) is 3.06. The summed E-state index contributed by atoms with van der Waals surface area (Å²) >= 11 is 1.52. The van der Waals surface area contributed by atoms with Crippen LogP contribution >= 0.6 is 11.8 Å². The Morgan fingerprint density at radius 3 is 2.36 bits per heavy atom. The molecule has 0 bridgehead atoms. The van der Waals surface area contributed by atoms with Crippen molar-refractivity contribution < 1.29 is 8.42 Å². The summed E-state index contributed by atoms with van der Waals surface area (Å²) in [6, 6.07) is 15.0. The third-order valence-corrected chi connectivity index (χ3v) is 8.02. The minimum Gasteiger partial charge on any atom is -0.308 e. The number of hydrogen-bond donors (Lipinski definition) is 2. The summed E-state index contributed by atoms with van der Waals surface area (Å²) in [6.45, 7) is 1.01. The van der Waals surface area contributed by atoms with E-state index in [1.54, 1.807) is 12.1 Å². The smallest absolute Gasteiger partial charge is 0.254 e. The predicted molar refractivity (Wildman–Crippen MR) is 132 cm³/mol. The fourth-order valence-corrected chi connectivity index (χ4v) is 5.60. The molecule has 2 aromatic carbocycles. The van der Waals surface area contributed by atoms with Gasteiger partial charge in [0.1, 0.15) is 0 Å². The fraction of sp³-hybridized carbons (Fsp3) is 0.333. The molecule has 1 aromatic heterocycles. The zero-order valence-corrected chi connectivity index (χ0v) is 20.4. The zero-order valence-electron chi connectivity index (χ0n) is 18.8. The van der Waals surface area contributed by atoms with E-state index < -0.39 is 10.0 Å². The maximum Gasteiger partial charge on any atom is 0.254 e. The quantitative estimate of drug-likeness (QED) is 0.358. The topological polar surface area (TPSA) is 95.2 Å². The van der Waals surface area contributed by atoms with E-state index in [1.807, 2.05) is 55.4 Å². The molecule has 0 saturated heterocycles. The molecular formula is C24H28N4O3S2. The minimum atomic E-state index is -3.51. The van der Waals surface area contributed by atoms with Crippen LogP contribution < -0.4 is 10.3 Å². The van der Waals surface area contributed by atoms with Crippen molar-refractivity contribution >= 4 is 21.8 Å². The Morgan fingerprint density at radius 1 is 1.03 bits per heavy atom. The molecule has 7 nitrogen and oxygen atoms in total. The van der Waals surface area contributed by atoms with Crippen LogP contribution in [0.5, 0.6) is 0 Å². The number of fused-ring (bicyclic) bond motifs is 1. The summed E-state index contributed by atoms with van der Waals surface area (Å²) in [5, 5.41) is 0.667. The molecule has 0 spiro atoms. The van der Waals surface area contributed by atoms with E-state index in [-0.39, 0.29) is 10.5 Å². The number of benzene rings is 2. The van der Waals surface area contributed by atoms with E-state index >= 15 is 0 Å². The van der Waals surface area contributed by atoms with Crippen molar-refractivity contribution in [3.05, 3.63) is 75.7 Å². The lowest BCUT2D eigenvalue weighted by atomic mass is 10.0. The number of hydrogen-bond acceptors (Lipinski definition) is 6. The Bertz CT molecular complexity index is 1270. The molecule has 0 radical (unpaired) electrons. The highest BCUT2D eigenvalue weighted by Crippen LogP contribution is 2.25. The van der Waals surface area contributed by atoms with Crippen molar-refractivity contribution in [2.24, 2.45) is 0 Å². The second kappa shape index (κ2) is 10.2. The Hall–Kier alpha value is -2.46. The third kappa shape index (κ3) is 5.92. The second-order valence-corrected chi connectivity index (χ2v) is 11.1. The number of H-pyrrole nitrogens is 1. The van der Waals surface area contributed by atoms with E-state index in [2.05, 4.69) is 14.7 Å². The van der Waals surface area contributed by atoms with Crippen LogP contribution in [-0.4, -0.2) is 50.5 Å². The van der Waals surface area contributed by atoms with Crippen LogP contribution in [0.3, 0.4) is 0 Å². The average Bonchev–Trinajstić information content (AvgIpc) is 3.27. The summed E-state index contributed by atoms with van der Waals surface area (Å²) in [7, 11) is 0.288. The number of nitrogens with one attached hydrogen (secondary N) is 2. The number of aromatic amines is 1. The van der Waals surface area contributed by atoms with Gasteiger partial charge in [0.25, 0.3) is 5.56 Å². The monoisotopic (exact) mass is 484 g/mol. The molecule has 9 heteroatoms. The molecule has 1 aliphatic carbocycles. The number of aromatic nitrogens is 2. The largest absolute Gasteiger partial charge is 0.308 e. The van der Waals surface area contributed by atoms with Crippen LogP contribution in [0.2, 0.25) is 0 Å². The summed E-state index contributed by atoms with van der Waals surface area (Å²) in [5.41, 5.74) is 4.86. The van der Waals surface area contributed by atoms with Crippen LogP contribution in [0, 0.1) is 0 Å². The van der Waals surface area contributed by atoms with Gasteiger partial charge < -0.3 is 9.88 Å². The Morgan fingerprint density at radius 2 is 1.70 bits per heavy atom. The maximum absolute atomic E-state index is 12.4. The van der Waals surface area contributed by atoms with Crippen molar-refractivity contribution in [3.8, 4) is 11.1 Å². The lowest BCUT2D eigenvalue weighted by molar-refractivity contribution is 0.412. The first-order valence-corrected chi connectivity index (χ1v) is 13.4. The van der Waals surface area contributed by atoms with Crippen molar-refractivity contribution in [1.82, 2.24) is 19.6 Å². The van der Waals surface area contributed by atoms with Crippen LogP contribution in [-0.2, 0) is 28.6 Å². The first-order chi connectivity index (χ1) is 15.8. The minimum absolute atomic E-state index is 0.00583.